The average molecular weight is 467 g/mol. The van der Waals surface area contributed by atoms with E-state index in [9.17, 15) is 14.4 Å². The van der Waals surface area contributed by atoms with E-state index >= 15 is 0 Å². The zero-order valence-electron chi connectivity index (χ0n) is 20.5. The number of fused-ring (bicyclic) bond motifs is 1. The van der Waals surface area contributed by atoms with E-state index in [4.69, 9.17) is 9.47 Å². The van der Waals surface area contributed by atoms with Gasteiger partial charge in [0.25, 0.3) is 5.91 Å². The third kappa shape index (κ3) is 7.33. The second kappa shape index (κ2) is 11.2. The molecule has 3 rings (SSSR count). The Morgan fingerprint density at radius 3 is 2.59 bits per heavy atom. The fourth-order valence-electron chi connectivity index (χ4n) is 3.76. The molecule has 1 aliphatic heterocycles. The molecule has 0 saturated carbocycles. The van der Waals surface area contributed by atoms with E-state index in [1.807, 2.05) is 32.9 Å². The van der Waals surface area contributed by atoms with Crippen LogP contribution in [0.4, 0.5) is 10.5 Å². The van der Waals surface area contributed by atoms with Crippen molar-refractivity contribution in [3.8, 4) is 5.75 Å². The molecule has 0 aromatic heterocycles. The summed E-state index contributed by atoms with van der Waals surface area (Å²) < 4.78 is 10.9. The van der Waals surface area contributed by atoms with E-state index in [1.54, 1.807) is 23.1 Å². The summed E-state index contributed by atoms with van der Waals surface area (Å²) in [5.41, 5.74) is 2.89. The van der Waals surface area contributed by atoms with Crippen molar-refractivity contribution in [1.82, 2.24) is 4.90 Å². The number of Topliss-reactive ketones (excluding diaryl/α,β-unsaturated/α-hetero) is 1. The Hall–Kier alpha value is -3.35. The van der Waals surface area contributed by atoms with Gasteiger partial charge in [-0.15, -0.1) is 0 Å². The molecule has 2 aromatic rings. The fraction of sp³-hybridized carbons (Fsp3) is 0.444. The predicted molar refractivity (Wildman–Crippen MR) is 131 cm³/mol. The Labute approximate surface area is 201 Å². The summed E-state index contributed by atoms with van der Waals surface area (Å²) in [6, 6.07) is 13.2. The largest absolute Gasteiger partial charge is 0.482 e. The van der Waals surface area contributed by atoms with Gasteiger partial charge in [0.2, 0.25) is 0 Å². The number of aryl methyl sites for hydroxylation is 1. The van der Waals surface area contributed by atoms with Gasteiger partial charge in [0.15, 0.2) is 12.4 Å². The Morgan fingerprint density at radius 1 is 1.09 bits per heavy atom. The van der Waals surface area contributed by atoms with Gasteiger partial charge in [-0.1, -0.05) is 24.3 Å². The van der Waals surface area contributed by atoms with E-state index in [1.165, 1.54) is 11.1 Å². The maximum atomic E-state index is 12.8. The van der Waals surface area contributed by atoms with Crippen molar-refractivity contribution in [2.45, 2.75) is 59.0 Å². The summed E-state index contributed by atoms with van der Waals surface area (Å²) in [5.74, 6) is 0.328. The van der Waals surface area contributed by atoms with Crippen LogP contribution in [0.2, 0.25) is 0 Å². The second-order valence-electron chi connectivity index (χ2n) is 9.57. The first-order chi connectivity index (χ1) is 16.1. The van der Waals surface area contributed by atoms with E-state index in [-0.39, 0.29) is 24.4 Å². The number of nitrogens with one attached hydrogen (secondary N) is 1. The van der Waals surface area contributed by atoms with Crippen molar-refractivity contribution in [2.24, 2.45) is 0 Å². The molecule has 182 valence electrons. The minimum atomic E-state index is -0.570. The Bertz CT molecular complexity index is 1040. The number of nitrogens with zero attached hydrogens (tertiary/aromatic N) is 1. The number of ketones is 1. The predicted octanol–water partition coefficient (Wildman–Crippen LogP) is 5.16. The van der Waals surface area contributed by atoms with Crippen LogP contribution < -0.4 is 10.1 Å². The smallest absolute Gasteiger partial charge is 0.410 e. The van der Waals surface area contributed by atoms with Crippen LogP contribution >= 0.6 is 0 Å². The van der Waals surface area contributed by atoms with Crippen LogP contribution in [0.1, 0.15) is 61.5 Å². The van der Waals surface area contributed by atoms with Gasteiger partial charge in [0.05, 0.1) is 5.69 Å². The van der Waals surface area contributed by atoms with Crippen LogP contribution in [0, 0.1) is 6.92 Å². The quantitative estimate of drug-likeness (QED) is 0.408. The highest BCUT2D eigenvalue weighted by Gasteiger charge is 2.22. The van der Waals surface area contributed by atoms with E-state index in [2.05, 4.69) is 24.4 Å². The third-order valence-electron chi connectivity index (χ3n) is 5.58. The molecule has 7 nitrogen and oxygen atoms in total. The number of hydrogen-bond acceptors (Lipinski definition) is 5. The van der Waals surface area contributed by atoms with Gasteiger partial charge < -0.3 is 19.7 Å². The molecule has 34 heavy (non-hydrogen) atoms. The number of anilines is 1. The molecule has 0 unspecified atom stereocenters. The monoisotopic (exact) mass is 466 g/mol. The number of hydrogen-bond donors (Lipinski definition) is 1. The van der Waals surface area contributed by atoms with Crippen molar-refractivity contribution in [3.05, 3.63) is 59.2 Å². The molecule has 2 aromatic carbocycles. The molecular weight excluding hydrogens is 432 g/mol. The lowest BCUT2D eigenvalue weighted by atomic mass is 10.0. The van der Waals surface area contributed by atoms with Crippen LogP contribution in [0.15, 0.2) is 42.5 Å². The highest BCUT2D eigenvalue weighted by Crippen LogP contribution is 2.29. The minimum Gasteiger partial charge on any atom is -0.482 e. The molecule has 2 amide bonds. The number of carbonyl (C=O) groups excluding carboxylic acids is 3. The van der Waals surface area contributed by atoms with Crippen LogP contribution in [-0.2, 0) is 16.0 Å². The molecule has 0 spiro atoms. The summed E-state index contributed by atoms with van der Waals surface area (Å²) in [5, 5.41) is 2.73. The molecule has 1 N–H and O–H groups in total. The molecule has 0 bridgehead atoms. The normalized spacial score (nSPS) is 12.9. The zero-order chi connectivity index (χ0) is 24.7. The zero-order valence-corrected chi connectivity index (χ0v) is 20.5. The molecule has 1 heterocycles. The molecule has 0 aliphatic carbocycles. The summed E-state index contributed by atoms with van der Waals surface area (Å²) >= 11 is 0. The molecule has 0 atom stereocenters. The SMILES string of the molecule is Cc1ccccc1CCN(CCCCC(=O)c1ccc2c(c1)NC(=O)CO2)C(=O)OC(C)(C)C. The number of ether oxygens (including phenoxy) is 2. The Balaban J connectivity index is 1.54. The summed E-state index contributed by atoms with van der Waals surface area (Å²) in [6.07, 6.45) is 2.09. The first kappa shape index (κ1) is 25.3. The fourth-order valence-corrected chi connectivity index (χ4v) is 3.76. The number of rotatable bonds is 9. The van der Waals surface area contributed by atoms with Gasteiger partial charge in [0, 0.05) is 25.1 Å². The van der Waals surface area contributed by atoms with Crippen LogP contribution in [0.5, 0.6) is 5.75 Å². The number of carbonyl (C=O) groups is 3. The lowest BCUT2D eigenvalue weighted by Crippen LogP contribution is -2.38. The molecule has 0 saturated heterocycles. The second-order valence-corrected chi connectivity index (χ2v) is 9.57. The summed E-state index contributed by atoms with van der Waals surface area (Å²) in [7, 11) is 0. The maximum absolute atomic E-state index is 12.8. The van der Waals surface area contributed by atoms with Crippen molar-refractivity contribution >= 4 is 23.5 Å². The highest BCUT2D eigenvalue weighted by molar-refractivity contribution is 6.00. The number of benzene rings is 2. The molecule has 0 radical (unpaired) electrons. The van der Waals surface area contributed by atoms with E-state index < -0.39 is 5.60 Å². The van der Waals surface area contributed by atoms with E-state index in [0.717, 1.165) is 6.42 Å². The lowest BCUT2D eigenvalue weighted by Gasteiger charge is -2.27. The summed E-state index contributed by atoms with van der Waals surface area (Å²) in [4.78, 5) is 38.7. The van der Waals surface area contributed by atoms with Crippen molar-refractivity contribution in [1.29, 1.82) is 0 Å². The first-order valence-corrected chi connectivity index (χ1v) is 11.7. The highest BCUT2D eigenvalue weighted by atomic mass is 16.6. The summed E-state index contributed by atoms with van der Waals surface area (Å²) in [6.45, 7) is 8.69. The molecule has 0 fully saturated rings. The van der Waals surface area contributed by atoms with Crippen LogP contribution in [-0.4, -0.2) is 48.0 Å². The molecule has 7 heteroatoms. The van der Waals surface area contributed by atoms with Crippen LogP contribution in [0.25, 0.3) is 0 Å². The molecular formula is C27H34N2O5. The molecule has 1 aliphatic rings. The van der Waals surface area contributed by atoms with Crippen molar-refractivity contribution in [3.63, 3.8) is 0 Å². The number of amides is 2. The maximum Gasteiger partial charge on any atom is 0.410 e. The van der Waals surface area contributed by atoms with Crippen molar-refractivity contribution < 1.29 is 23.9 Å². The number of unbranched alkanes of at least 4 members (excludes halogenated alkanes) is 1. The van der Waals surface area contributed by atoms with E-state index in [0.29, 0.717) is 49.4 Å². The third-order valence-corrected chi connectivity index (χ3v) is 5.58. The van der Waals surface area contributed by atoms with Gasteiger partial charge in [-0.2, -0.15) is 0 Å². The topological polar surface area (TPSA) is 84.9 Å². The minimum absolute atomic E-state index is 0.00801. The first-order valence-electron chi connectivity index (χ1n) is 11.7. The van der Waals surface area contributed by atoms with Gasteiger partial charge in [-0.3, -0.25) is 9.59 Å². The lowest BCUT2D eigenvalue weighted by molar-refractivity contribution is -0.118. The van der Waals surface area contributed by atoms with Crippen molar-refractivity contribution in [2.75, 3.05) is 25.0 Å². The van der Waals surface area contributed by atoms with Gasteiger partial charge >= 0.3 is 6.09 Å². The Kier molecular flexibility index (Phi) is 8.31. The standard InChI is InChI=1S/C27H34N2O5/c1-19-9-5-6-10-20(19)14-16-29(26(32)34-27(2,3)4)15-8-7-11-23(30)21-12-13-24-22(17-21)28-25(31)18-33-24/h5-6,9-10,12-13,17H,7-8,11,14-16,18H2,1-4H3,(H,28,31). The average Bonchev–Trinajstić information content (AvgIpc) is 2.77. The van der Waals surface area contributed by atoms with Crippen LogP contribution in [0.3, 0.4) is 0 Å². The Morgan fingerprint density at radius 2 is 1.85 bits per heavy atom. The van der Waals surface area contributed by atoms with Gasteiger partial charge in [-0.25, -0.2) is 4.79 Å². The van der Waals surface area contributed by atoms with Gasteiger partial charge in [0.1, 0.15) is 11.4 Å². The van der Waals surface area contributed by atoms with Gasteiger partial charge in [-0.05, 0) is 76.3 Å².